The van der Waals surface area contributed by atoms with E-state index in [4.69, 9.17) is 9.47 Å². The Morgan fingerprint density at radius 3 is 2.26 bits per heavy atom. The molecule has 0 spiro atoms. The van der Waals surface area contributed by atoms with E-state index in [0.717, 1.165) is 30.3 Å². The van der Waals surface area contributed by atoms with Gasteiger partial charge in [0, 0.05) is 11.3 Å². The second-order valence-electron chi connectivity index (χ2n) is 6.92. The average Bonchev–Trinajstić information content (AvgIpc) is 2.81. The maximum atomic E-state index is 13.0. The molecule has 176 valence electrons. The first-order chi connectivity index (χ1) is 16.1. The van der Waals surface area contributed by atoms with Crippen molar-refractivity contribution in [2.24, 2.45) is 0 Å². The standard InChI is InChI=1S/C24H17F4NO5/c25-17-10-8-15(9-11-17)20(30)13-34-23(32)19-6-1-2-7-21(19)33-14-22(31)29-18-5-3-4-16(12-18)24(26,27)28/h1-12H,13-14H2,(H,29,31). The number of halogens is 4. The van der Waals surface area contributed by atoms with Crippen LogP contribution in [0.2, 0.25) is 0 Å². The molecule has 0 unspecified atom stereocenters. The van der Waals surface area contributed by atoms with Crippen LogP contribution < -0.4 is 10.1 Å². The number of amides is 1. The Bertz CT molecular complexity index is 1190. The molecule has 0 bridgehead atoms. The zero-order chi connectivity index (χ0) is 24.7. The van der Waals surface area contributed by atoms with E-state index in [1.807, 2.05) is 0 Å². The molecule has 0 aliphatic heterocycles. The van der Waals surface area contributed by atoms with Crippen LogP contribution in [-0.4, -0.2) is 30.9 Å². The molecule has 1 N–H and O–H groups in total. The van der Waals surface area contributed by atoms with E-state index >= 15 is 0 Å². The number of esters is 1. The number of hydrogen-bond acceptors (Lipinski definition) is 5. The van der Waals surface area contributed by atoms with Crippen molar-refractivity contribution in [1.82, 2.24) is 0 Å². The average molecular weight is 475 g/mol. The van der Waals surface area contributed by atoms with Crippen molar-refractivity contribution in [3.63, 3.8) is 0 Å². The van der Waals surface area contributed by atoms with E-state index < -0.39 is 48.4 Å². The molecule has 0 aliphatic rings. The number of nitrogens with one attached hydrogen (secondary N) is 1. The van der Waals surface area contributed by atoms with Crippen LogP contribution in [0, 0.1) is 5.82 Å². The third-order valence-electron chi connectivity index (χ3n) is 4.44. The number of anilines is 1. The molecule has 0 fully saturated rings. The fourth-order valence-electron chi connectivity index (χ4n) is 2.80. The third kappa shape index (κ3) is 6.64. The van der Waals surface area contributed by atoms with Gasteiger partial charge in [0.1, 0.15) is 17.1 Å². The summed E-state index contributed by atoms with van der Waals surface area (Å²) >= 11 is 0. The summed E-state index contributed by atoms with van der Waals surface area (Å²) in [4.78, 5) is 36.6. The molecule has 3 aromatic rings. The minimum atomic E-state index is -4.56. The molecule has 1 amide bonds. The lowest BCUT2D eigenvalue weighted by Crippen LogP contribution is -2.21. The highest BCUT2D eigenvalue weighted by molar-refractivity contribution is 6.00. The first-order valence-corrected chi connectivity index (χ1v) is 9.78. The van der Waals surface area contributed by atoms with Gasteiger partial charge in [-0.3, -0.25) is 9.59 Å². The van der Waals surface area contributed by atoms with Crippen molar-refractivity contribution >= 4 is 23.3 Å². The molecule has 3 aromatic carbocycles. The number of hydrogen-bond donors (Lipinski definition) is 1. The highest BCUT2D eigenvalue weighted by Gasteiger charge is 2.30. The predicted molar refractivity (Wildman–Crippen MR) is 113 cm³/mol. The lowest BCUT2D eigenvalue weighted by molar-refractivity contribution is -0.137. The topological polar surface area (TPSA) is 81.7 Å². The lowest BCUT2D eigenvalue weighted by atomic mass is 10.1. The highest BCUT2D eigenvalue weighted by atomic mass is 19.4. The molecular weight excluding hydrogens is 458 g/mol. The van der Waals surface area contributed by atoms with Crippen molar-refractivity contribution in [1.29, 1.82) is 0 Å². The fraction of sp³-hybridized carbons (Fsp3) is 0.125. The van der Waals surface area contributed by atoms with Crippen LogP contribution in [0.1, 0.15) is 26.3 Å². The van der Waals surface area contributed by atoms with Crippen LogP contribution in [0.15, 0.2) is 72.8 Å². The number of carbonyl (C=O) groups excluding carboxylic acids is 3. The lowest BCUT2D eigenvalue weighted by Gasteiger charge is -2.12. The van der Waals surface area contributed by atoms with E-state index in [9.17, 15) is 31.9 Å². The molecule has 34 heavy (non-hydrogen) atoms. The Balaban J connectivity index is 1.58. The van der Waals surface area contributed by atoms with Gasteiger partial charge in [0.05, 0.1) is 5.56 Å². The second kappa shape index (κ2) is 10.6. The quantitative estimate of drug-likeness (QED) is 0.285. The Hall–Kier alpha value is -4.21. The van der Waals surface area contributed by atoms with Crippen LogP contribution in [0.4, 0.5) is 23.2 Å². The van der Waals surface area contributed by atoms with Crippen LogP contribution >= 0.6 is 0 Å². The van der Waals surface area contributed by atoms with Crippen molar-refractivity contribution in [3.05, 3.63) is 95.3 Å². The second-order valence-corrected chi connectivity index (χ2v) is 6.92. The molecule has 6 nitrogen and oxygen atoms in total. The van der Waals surface area contributed by atoms with E-state index in [2.05, 4.69) is 5.32 Å². The molecule has 0 atom stereocenters. The summed E-state index contributed by atoms with van der Waals surface area (Å²) in [7, 11) is 0. The number of carbonyl (C=O) groups is 3. The maximum absolute atomic E-state index is 13.0. The van der Waals surface area contributed by atoms with E-state index in [-0.39, 0.29) is 22.6 Å². The highest BCUT2D eigenvalue weighted by Crippen LogP contribution is 2.30. The molecule has 0 heterocycles. The van der Waals surface area contributed by atoms with Gasteiger partial charge in [-0.15, -0.1) is 0 Å². The molecule has 3 rings (SSSR count). The largest absolute Gasteiger partial charge is 0.483 e. The zero-order valence-corrected chi connectivity index (χ0v) is 17.4. The fourth-order valence-corrected chi connectivity index (χ4v) is 2.80. The summed E-state index contributed by atoms with van der Waals surface area (Å²) in [5.41, 5.74) is -0.906. The van der Waals surface area contributed by atoms with Crippen molar-refractivity contribution in [2.75, 3.05) is 18.5 Å². The molecule has 0 saturated carbocycles. The Labute approximate surface area is 191 Å². The minimum absolute atomic E-state index is 0.0269. The van der Waals surface area contributed by atoms with E-state index in [0.29, 0.717) is 0 Å². The maximum Gasteiger partial charge on any atom is 0.416 e. The molecular formula is C24H17F4NO5. The zero-order valence-electron chi connectivity index (χ0n) is 17.4. The number of alkyl halides is 3. The summed E-state index contributed by atoms with van der Waals surface area (Å²) in [6.07, 6.45) is -4.56. The number of ether oxygens (including phenoxy) is 2. The van der Waals surface area contributed by atoms with Crippen molar-refractivity contribution < 1.29 is 41.4 Å². The van der Waals surface area contributed by atoms with Gasteiger partial charge in [-0.05, 0) is 54.6 Å². The van der Waals surface area contributed by atoms with Crippen molar-refractivity contribution in [3.8, 4) is 5.75 Å². The first kappa shape index (κ1) is 24.4. The van der Waals surface area contributed by atoms with Gasteiger partial charge in [-0.2, -0.15) is 13.2 Å². The summed E-state index contributed by atoms with van der Waals surface area (Å²) in [5, 5.41) is 2.28. The third-order valence-corrected chi connectivity index (χ3v) is 4.44. The molecule has 0 aromatic heterocycles. The van der Waals surface area contributed by atoms with Gasteiger partial charge in [-0.1, -0.05) is 18.2 Å². The van der Waals surface area contributed by atoms with Crippen LogP contribution in [0.3, 0.4) is 0 Å². The van der Waals surface area contributed by atoms with Gasteiger partial charge in [0.25, 0.3) is 5.91 Å². The number of rotatable bonds is 8. The summed E-state index contributed by atoms with van der Waals surface area (Å²) < 4.78 is 61.7. The number of Topliss-reactive ketones (excluding diaryl/α,β-unsaturated/α-hetero) is 1. The van der Waals surface area contributed by atoms with E-state index in [1.165, 1.54) is 42.5 Å². The van der Waals surface area contributed by atoms with Gasteiger partial charge >= 0.3 is 12.1 Å². The molecule has 0 radical (unpaired) electrons. The summed E-state index contributed by atoms with van der Waals surface area (Å²) in [6, 6.07) is 14.6. The van der Waals surface area contributed by atoms with Gasteiger partial charge < -0.3 is 14.8 Å². The Morgan fingerprint density at radius 1 is 0.853 bits per heavy atom. The Kier molecular flexibility index (Phi) is 7.62. The minimum Gasteiger partial charge on any atom is -0.483 e. The number of benzene rings is 3. The normalized spacial score (nSPS) is 10.9. The number of ketones is 1. The van der Waals surface area contributed by atoms with Crippen LogP contribution in [0.5, 0.6) is 5.75 Å². The predicted octanol–water partition coefficient (Wildman–Crippen LogP) is 4.90. The van der Waals surface area contributed by atoms with Crippen LogP contribution in [-0.2, 0) is 15.7 Å². The molecule has 0 aliphatic carbocycles. The van der Waals surface area contributed by atoms with Gasteiger partial charge in [0.2, 0.25) is 0 Å². The van der Waals surface area contributed by atoms with Gasteiger partial charge in [0.15, 0.2) is 19.0 Å². The molecule has 10 heteroatoms. The summed E-state index contributed by atoms with van der Waals surface area (Å²) in [6.45, 7) is -1.20. The SMILES string of the molecule is O=C(COc1ccccc1C(=O)OCC(=O)c1ccc(F)cc1)Nc1cccc(C(F)(F)F)c1. The van der Waals surface area contributed by atoms with Crippen molar-refractivity contribution in [2.45, 2.75) is 6.18 Å². The summed E-state index contributed by atoms with van der Waals surface area (Å²) in [5.74, 6) is -2.75. The van der Waals surface area contributed by atoms with E-state index in [1.54, 1.807) is 0 Å². The van der Waals surface area contributed by atoms with Gasteiger partial charge in [-0.25, -0.2) is 9.18 Å². The molecule has 0 saturated heterocycles. The monoisotopic (exact) mass is 475 g/mol. The van der Waals surface area contributed by atoms with Crippen LogP contribution in [0.25, 0.3) is 0 Å². The first-order valence-electron chi connectivity index (χ1n) is 9.78. The Morgan fingerprint density at radius 2 is 1.56 bits per heavy atom. The smallest absolute Gasteiger partial charge is 0.416 e. The number of para-hydroxylation sites is 1.